The van der Waals surface area contributed by atoms with Crippen molar-refractivity contribution in [1.82, 2.24) is 15.1 Å². The minimum absolute atomic E-state index is 0.0960. The lowest BCUT2D eigenvalue weighted by Gasteiger charge is -2.13. The summed E-state index contributed by atoms with van der Waals surface area (Å²) in [5.74, 6) is -0.132. The maximum absolute atomic E-state index is 12.9. The van der Waals surface area contributed by atoms with Crippen LogP contribution in [0.2, 0.25) is 0 Å². The summed E-state index contributed by atoms with van der Waals surface area (Å²) in [5, 5.41) is 7.21. The van der Waals surface area contributed by atoms with Crippen LogP contribution in [-0.4, -0.2) is 28.4 Å². The molecule has 2 aromatic rings. The van der Waals surface area contributed by atoms with Gasteiger partial charge in [-0.25, -0.2) is 9.07 Å². The molecule has 1 fully saturated rings. The molecule has 1 aliphatic heterocycles. The number of nitrogens with one attached hydrogen (secondary N) is 1. The Morgan fingerprint density at radius 2 is 2.18 bits per heavy atom. The quantitative estimate of drug-likeness (QED) is 0.940. The van der Waals surface area contributed by atoms with Gasteiger partial charge in [0.1, 0.15) is 11.9 Å². The number of benzene rings is 1. The highest BCUT2D eigenvalue weighted by atomic mass is 19.1. The van der Waals surface area contributed by atoms with Gasteiger partial charge in [-0.1, -0.05) is 6.92 Å². The number of aromatic nitrogens is 2. The third-order valence-corrected chi connectivity index (χ3v) is 3.83. The van der Waals surface area contributed by atoms with Gasteiger partial charge in [-0.2, -0.15) is 5.10 Å². The van der Waals surface area contributed by atoms with Crippen LogP contribution < -0.4 is 5.32 Å². The highest BCUT2D eigenvalue weighted by Crippen LogP contribution is 2.20. The van der Waals surface area contributed by atoms with Crippen molar-refractivity contribution in [3.8, 4) is 5.69 Å². The van der Waals surface area contributed by atoms with E-state index in [9.17, 15) is 9.18 Å². The standard InChI is InChI=1S/C16H18FN3O2/c1-11-7-9-22-15(11)16(21)18-10-13-6-8-20(19-13)14-4-2-12(17)3-5-14/h2-6,8,11,15H,7,9-10H2,1H3,(H,18,21)/t11-,15-/m0/s1. The maximum Gasteiger partial charge on any atom is 0.249 e. The molecule has 1 saturated heterocycles. The van der Waals surface area contributed by atoms with E-state index in [0.29, 0.717) is 13.2 Å². The van der Waals surface area contributed by atoms with Crippen molar-refractivity contribution in [3.05, 3.63) is 48.0 Å². The van der Waals surface area contributed by atoms with Crippen LogP contribution in [0.5, 0.6) is 0 Å². The number of hydrogen-bond donors (Lipinski definition) is 1. The van der Waals surface area contributed by atoms with E-state index in [-0.39, 0.29) is 23.7 Å². The number of rotatable bonds is 4. The summed E-state index contributed by atoms with van der Waals surface area (Å²) >= 11 is 0. The van der Waals surface area contributed by atoms with Crippen molar-refractivity contribution in [2.24, 2.45) is 5.92 Å². The normalized spacial score (nSPS) is 21.0. The second-order valence-corrected chi connectivity index (χ2v) is 5.50. The fourth-order valence-electron chi connectivity index (χ4n) is 2.50. The molecule has 1 amide bonds. The first-order chi connectivity index (χ1) is 10.6. The number of carbonyl (C=O) groups excluding carboxylic acids is 1. The Hall–Kier alpha value is -2.21. The molecule has 0 unspecified atom stereocenters. The summed E-state index contributed by atoms with van der Waals surface area (Å²) < 4.78 is 20.0. The predicted molar refractivity (Wildman–Crippen MR) is 78.9 cm³/mol. The molecule has 1 aromatic carbocycles. The van der Waals surface area contributed by atoms with Crippen LogP contribution in [0.4, 0.5) is 4.39 Å². The molecule has 3 rings (SSSR count). The Balaban J connectivity index is 1.60. The zero-order valence-electron chi connectivity index (χ0n) is 12.3. The van der Waals surface area contributed by atoms with Crippen molar-refractivity contribution in [2.75, 3.05) is 6.61 Å². The highest BCUT2D eigenvalue weighted by Gasteiger charge is 2.30. The number of nitrogens with zero attached hydrogens (tertiary/aromatic N) is 2. The molecule has 1 aromatic heterocycles. The first-order valence-electron chi connectivity index (χ1n) is 7.33. The fraction of sp³-hybridized carbons (Fsp3) is 0.375. The molecule has 0 aliphatic carbocycles. The summed E-state index contributed by atoms with van der Waals surface area (Å²) in [4.78, 5) is 12.0. The summed E-state index contributed by atoms with van der Waals surface area (Å²) in [5.41, 5.74) is 1.51. The predicted octanol–water partition coefficient (Wildman–Crippen LogP) is 2.05. The minimum atomic E-state index is -0.362. The minimum Gasteiger partial charge on any atom is -0.368 e. The molecule has 2 atom stereocenters. The Bertz CT molecular complexity index is 654. The average molecular weight is 303 g/mol. The highest BCUT2D eigenvalue weighted by molar-refractivity contribution is 5.81. The molecule has 116 valence electrons. The van der Waals surface area contributed by atoms with Gasteiger partial charge in [-0.15, -0.1) is 0 Å². The lowest BCUT2D eigenvalue weighted by Crippen LogP contribution is -2.36. The van der Waals surface area contributed by atoms with Gasteiger partial charge in [0.15, 0.2) is 0 Å². The average Bonchev–Trinajstić information content (AvgIpc) is 3.14. The molecule has 0 spiro atoms. The van der Waals surface area contributed by atoms with Crippen LogP contribution in [-0.2, 0) is 16.1 Å². The molecule has 0 radical (unpaired) electrons. The molecular formula is C16H18FN3O2. The number of ether oxygens (including phenoxy) is 1. The second-order valence-electron chi connectivity index (χ2n) is 5.50. The van der Waals surface area contributed by atoms with Gasteiger partial charge in [0.05, 0.1) is 17.9 Å². The zero-order chi connectivity index (χ0) is 15.5. The Morgan fingerprint density at radius 1 is 1.41 bits per heavy atom. The van der Waals surface area contributed by atoms with Crippen molar-refractivity contribution in [3.63, 3.8) is 0 Å². The van der Waals surface area contributed by atoms with Crippen LogP contribution in [0, 0.1) is 11.7 Å². The van der Waals surface area contributed by atoms with Crippen molar-refractivity contribution in [2.45, 2.75) is 26.0 Å². The molecule has 1 N–H and O–H groups in total. The van der Waals surface area contributed by atoms with Crippen molar-refractivity contribution >= 4 is 5.91 Å². The Labute approximate surface area is 128 Å². The molecule has 2 heterocycles. The van der Waals surface area contributed by atoms with E-state index in [4.69, 9.17) is 4.74 Å². The van der Waals surface area contributed by atoms with E-state index < -0.39 is 0 Å². The lowest BCUT2D eigenvalue weighted by molar-refractivity contribution is -0.131. The Morgan fingerprint density at radius 3 is 2.86 bits per heavy atom. The third-order valence-electron chi connectivity index (χ3n) is 3.83. The molecule has 0 bridgehead atoms. The van der Waals surface area contributed by atoms with Gasteiger partial charge < -0.3 is 10.1 Å². The Kier molecular flexibility index (Phi) is 4.20. The molecule has 1 aliphatic rings. The van der Waals surface area contributed by atoms with Gasteiger partial charge in [0.2, 0.25) is 5.91 Å². The molecule has 5 nitrogen and oxygen atoms in total. The zero-order valence-corrected chi connectivity index (χ0v) is 12.3. The monoisotopic (exact) mass is 303 g/mol. The van der Waals surface area contributed by atoms with Crippen LogP contribution in [0.1, 0.15) is 19.0 Å². The van der Waals surface area contributed by atoms with E-state index in [1.807, 2.05) is 13.0 Å². The van der Waals surface area contributed by atoms with Gasteiger partial charge in [-0.3, -0.25) is 4.79 Å². The lowest BCUT2D eigenvalue weighted by atomic mass is 10.0. The second kappa shape index (κ2) is 6.27. The topological polar surface area (TPSA) is 56.1 Å². The van der Waals surface area contributed by atoms with Crippen molar-refractivity contribution < 1.29 is 13.9 Å². The molecular weight excluding hydrogens is 285 g/mol. The summed E-state index contributed by atoms with van der Waals surface area (Å²) in [7, 11) is 0. The fourth-order valence-corrected chi connectivity index (χ4v) is 2.50. The first-order valence-corrected chi connectivity index (χ1v) is 7.33. The maximum atomic E-state index is 12.9. The molecule has 6 heteroatoms. The number of carbonyl (C=O) groups is 1. The van der Waals surface area contributed by atoms with Crippen LogP contribution >= 0.6 is 0 Å². The largest absolute Gasteiger partial charge is 0.368 e. The van der Waals surface area contributed by atoms with E-state index in [1.54, 1.807) is 23.0 Å². The number of hydrogen-bond acceptors (Lipinski definition) is 3. The number of amides is 1. The van der Waals surface area contributed by atoms with E-state index >= 15 is 0 Å². The SMILES string of the molecule is C[C@H]1CCO[C@@H]1C(=O)NCc1ccn(-c2ccc(F)cc2)n1. The molecule has 0 saturated carbocycles. The van der Waals surface area contributed by atoms with Gasteiger partial charge in [-0.05, 0) is 42.7 Å². The number of halogens is 1. The van der Waals surface area contributed by atoms with Crippen LogP contribution in [0.15, 0.2) is 36.5 Å². The summed E-state index contributed by atoms with van der Waals surface area (Å²) in [6, 6.07) is 7.90. The van der Waals surface area contributed by atoms with E-state index in [0.717, 1.165) is 17.8 Å². The van der Waals surface area contributed by atoms with E-state index in [2.05, 4.69) is 10.4 Å². The van der Waals surface area contributed by atoms with E-state index in [1.165, 1.54) is 12.1 Å². The van der Waals surface area contributed by atoms with Gasteiger partial charge >= 0.3 is 0 Å². The summed E-state index contributed by atoms with van der Waals surface area (Å²) in [6.45, 7) is 3.00. The smallest absolute Gasteiger partial charge is 0.249 e. The van der Waals surface area contributed by atoms with Crippen molar-refractivity contribution in [1.29, 1.82) is 0 Å². The van der Waals surface area contributed by atoms with Crippen LogP contribution in [0.25, 0.3) is 5.69 Å². The first kappa shape index (κ1) is 14.7. The van der Waals surface area contributed by atoms with Gasteiger partial charge in [0, 0.05) is 12.8 Å². The summed E-state index contributed by atoms with van der Waals surface area (Å²) in [6.07, 6.45) is 2.33. The van der Waals surface area contributed by atoms with Crippen LogP contribution in [0.3, 0.4) is 0 Å². The van der Waals surface area contributed by atoms with Gasteiger partial charge in [0.25, 0.3) is 0 Å². The third kappa shape index (κ3) is 3.17. The molecule has 22 heavy (non-hydrogen) atoms.